The molecule has 0 radical (unpaired) electrons. The van der Waals surface area contributed by atoms with Crippen LogP contribution < -0.4 is 0 Å². The van der Waals surface area contributed by atoms with Crippen LogP contribution in [0.2, 0.25) is 0 Å². The molecule has 0 aliphatic heterocycles. The number of hydrogen-bond acceptors (Lipinski definition) is 2. The van der Waals surface area contributed by atoms with Crippen LogP contribution in [0.5, 0.6) is 0 Å². The maximum absolute atomic E-state index is 5.68. The lowest BCUT2D eigenvalue weighted by Crippen LogP contribution is -1.92. The zero-order valence-corrected chi connectivity index (χ0v) is 15.2. The second kappa shape index (κ2) is 5.19. The maximum atomic E-state index is 5.68. The van der Waals surface area contributed by atoms with Crippen molar-refractivity contribution in [3.8, 4) is 0 Å². The molecule has 17 heavy (non-hydrogen) atoms. The molecule has 1 unspecified atom stereocenters. The van der Waals surface area contributed by atoms with Crippen LogP contribution in [0, 0.1) is 20.8 Å². The van der Waals surface area contributed by atoms with Crippen molar-refractivity contribution >= 4 is 59.1 Å². The van der Waals surface area contributed by atoms with Gasteiger partial charge in [0.2, 0.25) is 0 Å². The van der Waals surface area contributed by atoms with Gasteiger partial charge in [0.25, 0.3) is 0 Å². The summed E-state index contributed by atoms with van der Waals surface area (Å²) in [6.07, 6.45) is 0. The van der Waals surface area contributed by atoms with Crippen molar-refractivity contribution in [2.45, 2.75) is 25.6 Å². The Morgan fingerprint density at radius 3 is 2.24 bits per heavy atom. The third-order valence-corrected chi connectivity index (χ3v) is 7.36. The molecular weight excluding hydrogens is 432 g/mol. The first-order chi connectivity index (χ1) is 7.91. The van der Waals surface area contributed by atoms with Gasteiger partial charge in [-0.3, -0.25) is 0 Å². The van der Waals surface area contributed by atoms with Gasteiger partial charge in [0.05, 0.1) is 8.61 Å². The van der Waals surface area contributed by atoms with Crippen molar-refractivity contribution in [1.82, 2.24) is 0 Å². The summed E-state index contributed by atoms with van der Waals surface area (Å²) in [7, 11) is 0. The third kappa shape index (κ3) is 2.57. The van der Waals surface area contributed by atoms with Crippen LogP contribution in [0.1, 0.15) is 32.4 Å². The number of furan rings is 1. The van der Waals surface area contributed by atoms with Gasteiger partial charge in [0.15, 0.2) is 0 Å². The summed E-state index contributed by atoms with van der Waals surface area (Å²) in [6, 6.07) is 2.13. The quantitative estimate of drug-likeness (QED) is 0.499. The third-order valence-electron chi connectivity index (χ3n) is 2.79. The molecular formula is C12H11Br3OS. The van der Waals surface area contributed by atoms with Gasteiger partial charge < -0.3 is 4.42 Å². The summed E-state index contributed by atoms with van der Waals surface area (Å²) in [6.45, 7) is 6.13. The van der Waals surface area contributed by atoms with Gasteiger partial charge >= 0.3 is 0 Å². The summed E-state index contributed by atoms with van der Waals surface area (Å²) in [5.41, 5.74) is 2.47. The lowest BCUT2D eigenvalue weighted by Gasteiger charge is -2.07. The summed E-state index contributed by atoms with van der Waals surface area (Å²) in [5, 5.41) is 0. The highest BCUT2D eigenvalue weighted by atomic mass is 79.9. The smallest absolute Gasteiger partial charge is 0.106 e. The van der Waals surface area contributed by atoms with E-state index >= 15 is 0 Å². The fourth-order valence-electron chi connectivity index (χ4n) is 1.81. The van der Waals surface area contributed by atoms with Crippen molar-refractivity contribution in [2.75, 3.05) is 0 Å². The van der Waals surface area contributed by atoms with Gasteiger partial charge in [0.1, 0.15) is 11.5 Å². The average molecular weight is 443 g/mol. The molecule has 0 fully saturated rings. The number of halogens is 3. The van der Waals surface area contributed by atoms with E-state index in [9.17, 15) is 0 Å². The Morgan fingerprint density at radius 2 is 1.82 bits per heavy atom. The molecule has 0 N–H and O–H groups in total. The Morgan fingerprint density at radius 1 is 1.18 bits per heavy atom. The Balaban J connectivity index is 2.46. The van der Waals surface area contributed by atoms with Gasteiger partial charge in [-0.1, -0.05) is 15.9 Å². The van der Waals surface area contributed by atoms with Crippen molar-refractivity contribution in [2.24, 2.45) is 0 Å². The fraction of sp³-hybridized carbons (Fsp3) is 0.333. The summed E-state index contributed by atoms with van der Waals surface area (Å²) in [4.78, 5) is 1.45. The molecule has 0 bridgehead atoms. The average Bonchev–Trinajstić information content (AvgIpc) is 2.70. The zero-order chi connectivity index (χ0) is 12.7. The first-order valence-corrected chi connectivity index (χ1v) is 8.39. The van der Waals surface area contributed by atoms with Crippen molar-refractivity contribution in [3.05, 3.63) is 41.9 Å². The number of rotatable bonds is 2. The number of hydrogen-bond donors (Lipinski definition) is 0. The van der Waals surface area contributed by atoms with E-state index in [-0.39, 0.29) is 4.83 Å². The molecule has 2 aromatic rings. The van der Waals surface area contributed by atoms with E-state index in [4.69, 9.17) is 4.42 Å². The highest BCUT2D eigenvalue weighted by Gasteiger charge is 2.22. The van der Waals surface area contributed by atoms with Crippen LogP contribution in [0.15, 0.2) is 18.7 Å². The monoisotopic (exact) mass is 440 g/mol. The largest absolute Gasteiger partial charge is 0.466 e. The van der Waals surface area contributed by atoms with E-state index in [1.165, 1.54) is 16.0 Å². The Labute approximate surface area is 130 Å². The lowest BCUT2D eigenvalue weighted by molar-refractivity contribution is 0.500. The molecule has 0 spiro atoms. The van der Waals surface area contributed by atoms with E-state index in [2.05, 4.69) is 60.8 Å². The molecule has 0 saturated carbocycles. The minimum atomic E-state index is 0.188. The number of aryl methyl sites for hydroxylation is 2. The van der Waals surface area contributed by atoms with Gasteiger partial charge in [-0.15, -0.1) is 11.3 Å². The second-order valence-electron chi connectivity index (χ2n) is 3.89. The lowest BCUT2D eigenvalue weighted by atomic mass is 10.1. The Bertz CT molecular complexity index is 537. The predicted molar refractivity (Wildman–Crippen MR) is 83.4 cm³/mol. The molecule has 2 heterocycles. The van der Waals surface area contributed by atoms with Gasteiger partial charge in [-0.05, 0) is 64.3 Å². The van der Waals surface area contributed by atoms with Crippen LogP contribution in [0.4, 0.5) is 0 Å². The molecule has 0 aliphatic rings. The molecule has 5 heteroatoms. The highest BCUT2D eigenvalue weighted by Crippen LogP contribution is 2.44. The van der Waals surface area contributed by atoms with E-state index in [0.29, 0.717) is 0 Å². The van der Waals surface area contributed by atoms with Crippen LogP contribution in [0.3, 0.4) is 0 Å². The van der Waals surface area contributed by atoms with E-state index in [1.54, 1.807) is 11.3 Å². The molecule has 2 rings (SSSR count). The first kappa shape index (κ1) is 13.8. The van der Waals surface area contributed by atoms with Crippen LogP contribution in [-0.2, 0) is 0 Å². The topological polar surface area (TPSA) is 13.1 Å². The second-order valence-corrected chi connectivity index (χ2v) is 8.06. The van der Waals surface area contributed by atoms with Crippen molar-refractivity contribution in [1.29, 1.82) is 0 Å². The molecule has 2 aromatic heterocycles. The van der Waals surface area contributed by atoms with Gasteiger partial charge in [-0.25, -0.2) is 0 Å². The standard InChI is InChI=1S/C12H11Br3OS/c1-5-6(2)16-7(3)10(5)11(14)9-4-8(13)12(15)17-9/h4,11H,1-3H3. The van der Waals surface area contributed by atoms with Crippen LogP contribution in [0.25, 0.3) is 0 Å². The van der Waals surface area contributed by atoms with E-state index in [1.807, 2.05) is 13.8 Å². The molecule has 0 saturated heterocycles. The van der Waals surface area contributed by atoms with Gasteiger partial charge in [0, 0.05) is 14.9 Å². The van der Waals surface area contributed by atoms with Gasteiger partial charge in [-0.2, -0.15) is 0 Å². The fourth-order valence-corrected chi connectivity index (χ4v) is 4.97. The molecule has 1 nitrogen and oxygen atoms in total. The van der Waals surface area contributed by atoms with E-state index < -0.39 is 0 Å². The molecule has 92 valence electrons. The van der Waals surface area contributed by atoms with E-state index in [0.717, 1.165) is 19.8 Å². The minimum Gasteiger partial charge on any atom is -0.466 e. The molecule has 0 aromatic carbocycles. The van der Waals surface area contributed by atoms with Crippen LogP contribution in [-0.4, -0.2) is 0 Å². The van der Waals surface area contributed by atoms with Crippen molar-refractivity contribution in [3.63, 3.8) is 0 Å². The van der Waals surface area contributed by atoms with Crippen LogP contribution >= 0.6 is 59.1 Å². The zero-order valence-electron chi connectivity index (χ0n) is 9.61. The number of thiophene rings is 1. The molecule has 0 amide bonds. The summed E-state index contributed by atoms with van der Waals surface area (Å²) >= 11 is 12.5. The Hall–Kier alpha value is 0.420. The minimum absolute atomic E-state index is 0.188. The number of alkyl halides is 1. The SMILES string of the molecule is Cc1oc(C)c(C(Br)c2cc(Br)c(Br)s2)c1C. The Kier molecular flexibility index (Phi) is 4.23. The highest BCUT2D eigenvalue weighted by molar-refractivity contribution is 9.13. The maximum Gasteiger partial charge on any atom is 0.106 e. The van der Waals surface area contributed by atoms with Crippen molar-refractivity contribution < 1.29 is 4.42 Å². The molecule has 0 aliphatic carbocycles. The summed E-state index contributed by atoms with van der Waals surface area (Å²) < 4.78 is 7.89. The molecule has 1 atom stereocenters. The normalized spacial score (nSPS) is 13.1. The summed E-state index contributed by atoms with van der Waals surface area (Å²) in [5.74, 6) is 1.99. The first-order valence-electron chi connectivity index (χ1n) is 5.07. The predicted octanol–water partition coefficient (Wildman–Crippen LogP) is 6.28.